The Morgan fingerprint density at radius 2 is 0.864 bits per heavy atom. The Bertz CT molecular complexity index is 731. The van der Waals surface area contributed by atoms with E-state index in [4.69, 9.17) is 0 Å². The second kappa shape index (κ2) is 7.66. The summed E-state index contributed by atoms with van der Waals surface area (Å²) in [5, 5.41) is 37.5. The topological polar surface area (TPSA) is 95.2 Å². The Hall–Kier alpha value is -3.86. The Labute approximate surface area is 129 Å². The first-order valence-corrected chi connectivity index (χ1v) is 6.12. The standard InChI is InChI=1S/C18H10N4/c1-3-5-7-13-15(9-19)17(11-21)14(8-6-4-2)18(12-22)16(13)10-20/h3-8H,1-2H2/b7-5+,8-6+. The van der Waals surface area contributed by atoms with Gasteiger partial charge in [0.15, 0.2) is 0 Å². The summed E-state index contributed by atoms with van der Waals surface area (Å²) < 4.78 is 0. The third-order valence-electron chi connectivity index (χ3n) is 2.82. The van der Waals surface area contributed by atoms with Crippen LogP contribution in [-0.2, 0) is 0 Å². The van der Waals surface area contributed by atoms with E-state index in [0.717, 1.165) is 0 Å². The van der Waals surface area contributed by atoms with Crippen LogP contribution in [0.4, 0.5) is 0 Å². The SMILES string of the molecule is C=C/C=C/c1c(C#N)c(C#N)c(/C=C/C=C)c(C#N)c1C#N. The van der Waals surface area contributed by atoms with E-state index in [1.807, 2.05) is 24.3 Å². The van der Waals surface area contributed by atoms with Crippen molar-refractivity contribution in [1.82, 2.24) is 0 Å². The maximum Gasteiger partial charge on any atom is 0.101 e. The van der Waals surface area contributed by atoms with Crippen LogP contribution in [0.15, 0.2) is 37.5 Å². The lowest BCUT2D eigenvalue weighted by Crippen LogP contribution is -2.02. The molecule has 1 aromatic rings. The zero-order valence-electron chi connectivity index (χ0n) is 11.7. The van der Waals surface area contributed by atoms with Crippen molar-refractivity contribution in [2.45, 2.75) is 0 Å². The van der Waals surface area contributed by atoms with Crippen molar-refractivity contribution in [3.8, 4) is 24.3 Å². The van der Waals surface area contributed by atoms with Gasteiger partial charge in [-0.05, 0) is 0 Å². The molecule has 0 bridgehead atoms. The Balaban J connectivity index is 4.09. The van der Waals surface area contributed by atoms with Crippen molar-refractivity contribution in [2.24, 2.45) is 0 Å². The molecule has 0 saturated carbocycles. The van der Waals surface area contributed by atoms with Gasteiger partial charge >= 0.3 is 0 Å². The number of hydrogen-bond donors (Lipinski definition) is 0. The van der Waals surface area contributed by atoms with E-state index in [-0.39, 0.29) is 33.4 Å². The number of benzene rings is 1. The molecule has 0 heterocycles. The summed E-state index contributed by atoms with van der Waals surface area (Å²) >= 11 is 0. The number of nitriles is 4. The number of allylic oxidation sites excluding steroid dienone is 4. The van der Waals surface area contributed by atoms with E-state index in [1.165, 1.54) is 24.3 Å². The summed E-state index contributed by atoms with van der Waals surface area (Å²) in [4.78, 5) is 0. The fourth-order valence-corrected chi connectivity index (χ4v) is 1.92. The summed E-state index contributed by atoms with van der Waals surface area (Å²) in [6.07, 6.45) is 9.02. The van der Waals surface area contributed by atoms with Crippen LogP contribution >= 0.6 is 0 Å². The average Bonchev–Trinajstić information content (AvgIpc) is 2.55. The predicted molar refractivity (Wildman–Crippen MR) is 83.8 cm³/mol. The second-order valence-corrected chi connectivity index (χ2v) is 3.96. The second-order valence-electron chi connectivity index (χ2n) is 3.96. The molecule has 0 fully saturated rings. The summed E-state index contributed by atoms with van der Waals surface area (Å²) in [7, 11) is 0. The molecule has 0 aliphatic carbocycles. The van der Waals surface area contributed by atoms with E-state index >= 15 is 0 Å². The molecule has 0 aliphatic rings. The van der Waals surface area contributed by atoms with Gasteiger partial charge in [0, 0.05) is 11.1 Å². The molecule has 0 spiro atoms. The summed E-state index contributed by atoms with van der Waals surface area (Å²) in [5.74, 6) is 0. The minimum atomic E-state index is 0.0554. The zero-order valence-corrected chi connectivity index (χ0v) is 11.7. The fraction of sp³-hybridized carbons (Fsp3) is 0. The molecular weight excluding hydrogens is 272 g/mol. The first-order valence-electron chi connectivity index (χ1n) is 6.12. The van der Waals surface area contributed by atoms with E-state index in [2.05, 4.69) is 13.2 Å². The van der Waals surface area contributed by atoms with Crippen molar-refractivity contribution in [3.63, 3.8) is 0 Å². The van der Waals surface area contributed by atoms with Crippen LogP contribution in [0.5, 0.6) is 0 Å². The van der Waals surface area contributed by atoms with Gasteiger partial charge in [0.2, 0.25) is 0 Å². The third-order valence-corrected chi connectivity index (χ3v) is 2.82. The Morgan fingerprint density at radius 3 is 1.05 bits per heavy atom. The zero-order chi connectivity index (χ0) is 16.5. The molecule has 4 nitrogen and oxygen atoms in total. The minimum absolute atomic E-state index is 0.0554. The molecule has 102 valence electrons. The van der Waals surface area contributed by atoms with Crippen LogP contribution in [0.25, 0.3) is 12.2 Å². The molecule has 0 aromatic heterocycles. The summed E-state index contributed by atoms with van der Waals surface area (Å²) in [5.41, 5.74) is 0.710. The molecule has 4 heteroatoms. The Kier molecular flexibility index (Phi) is 5.64. The molecule has 0 aliphatic heterocycles. The van der Waals surface area contributed by atoms with Crippen LogP contribution in [0.2, 0.25) is 0 Å². The molecule has 1 rings (SSSR count). The lowest BCUT2D eigenvalue weighted by Gasteiger charge is -2.10. The van der Waals surface area contributed by atoms with Gasteiger partial charge in [0.05, 0.1) is 22.3 Å². The molecule has 1 aromatic carbocycles. The highest BCUT2D eigenvalue weighted by Crippen LogP contribution is 2.29. The van der Waals surface area contributed by atoms with E-state index in [0.29, 0.717) is 0 Å². The van der Waals surface area contributed by atoms with Crippen molar-refractivity contribution in [1.29, 1.82) is 21.0 Å². The van der Waals surface area contributed by atoms with E-state index < -0.39 is 0 Å². The van der Waals surface area contributed by atoms with Gasteiger partial charge in [0.25, 0.3) is 0 Å². The van der Waals surface area contributed by atoms with Gasteiger partial charge in [-0.2, -0.15) is 21.0 Å². The summed E-state index contributed by atoms with van der Waals surface area (Å²) in [6, 6.07) is 7.75. The van der Waals surface area contributed by atoms with E-state index in [1.54, 1.807) is 12.2 Å². The van der Waals surface area contributed by atoms with Gasteiger partial charge in [-0.15, -0.1) is 0 Å². The lowest BCUT2D eigenvalue weighted by molar-refractivity contribution is 1.35. The maximum atomic E-state index is 9.37. The molecule has 0 N–H and O–H groups in total. The number of hydrogen-bond acceptors (Lipinski definition) is 4. The quantitative estimate of drug-likeness (QED) is 0.788. The summed E-state index contributed by atoms with van der Waals surface area (Å²) in [6.45, 7) is 7.05. The number of nitrogens with zero attached hydrogens (tertiary/aromatic N) is 4. The molecule has 0 saturated heterocycles. The molecule has 0 amide bonds. The van der Waals surface area contributed by atoms with Gasteiger partial charge in [0.1, 0.15) is 24.3 Å². The smallest absolute Gasteiger partial charge is 0.101 e. The minimum Gasteiger partial charge on any atom is -0.192 e. The van der Waals surface area contributed by atoms with Crippen LogP contribution < -0.4 is 0 Å². The molecule has 0 unspecified atom stereocenters. The highest BCUT2D eigenvalue weighted by molar-refractivity contribution is 5.80. The fourth-order valence-electron chi connectivity index (χ4n) is 1.92. The molecular formula is C18H10N4. The van der Waals surface area contributed by atoms with Crippen LogP contribution in [0, 0.1) is 45.3 Å². The average molecular weight is 282 g/mol. The lowest BCUT2D eigenvalue weighted by atomic mass is 9.87. The molecule has 0 radical (unpaired) electrons. The first kappa shape index (κ1) is 16.2. The van der Waals surface area contributed by atoms with Gasteiger partial charge in [-0.3, -0.25) is 0 Å². The molecule has 0 atom stereocenters. The highest BCUT2D eigenvalue weighted by atomic mass is 14.3. The third kappa shape index (κ3) is 2.83. The van der Waals surface area contributed by atoms with Crippen LogP contribution in [0.3, 0.4) is 0 Å². The Morgan fingerprint density at radius 1 is 0.591 bits per heavy atom. The van der Waals surface area contributed by atoms with Crippen molar-refractivity contribution < 1.29 is 0 Å². The van der Waals surface area contributed by atoms with Gasteiger partial charge in [-0.1, -0.05) is 49.6 Å². The normalized spacial score (nSPS) is 9.64. The van der Waals surface area contributed by atoms with Crippen molar-refractivity contribution in [3.05, 3.63) is 70.8 Å². The first-order chi connectivity index (χ1) is 10.7. The predicted octanol–water partition coefficient (Wildman–Crippen LogP) is 3.57. The van der Waals surface area contributed by atoms with Gasteiger partial charge < -0.3 is 0 Å². The largest absolute Gasteiger partial charge is 0.192 e. The molecule has 22 heavy (non-hydrogen) atoms. The van der Waals surface area contributed by atoms with Crippen molar-refractivity contribution >= 4 is 12.2 Å². The number of rotatable bonds is 4. The van der Waals surface area contributed by atoms with Crippen molar-refractivity contribution in [2.75, 3.05) is 0 Å². The maximum absolute atomic E-state index is 9.37. The van der Waals surface area contributed by atoms with E-state index in [9.17, 15) is 21.0 Å². The van der Waals surface area contributed by atoms with Crippen LogP contribution in [0.1, 0.15) is 33.4 Å². The van der Waals surface area contributed by atoms with Gasteiger partial charge in [-0.25, -0.2) is 0 Å². The van der Waals surface area contributed by atoms with Crippen LogP contribution in [-0.4, -0.2) is 0 Å². The highest BCUT2D eigenvalue weighted by Gasteiger charge is 2.21. The monoisotopic (exact) mass is 282 g/mol.